The second-order valence-electron chi connectivity index (χ2n) is 6.26. The van der Waals surface area contributed by atoms with Gasteiger partial charge in [-0.25, -0.2) is 0 Å². The molecule has 2 rings (SSSR count). The molecule has 1 aromatic carbocycles. The molecule has 0 radical (unpaired) electrons. The highest BCUT2D eigenvalue weighted by Crippen LogP contribution is 2.54. The Balaban J connectivity index is 2.45. The first kappa shape index (κ1) is 11.4. The van der Waals surface area contributed by atoms with E-state index in [0.29, 0.717) is 5.78 Å². The Morgan fingerprint density at radius 1 is 1.06 bits per heavy atom. The van der Waals surface area contributed by atoms with Gasteiger partial charge in [-0.2, -0.15) is 0 Å². The van der Waals surface area contributed by atoms with Crippen LogP contribution in [0.4, 0.5) is 0 Å². The molecule has 1 fully saturated rings. The Labute approximate surface area is 97.9 Å². The van der Waals surface area contributed by atoms with E-state index >= 15 is 0 Å². The Morgan fingerprint density at radius 2 is 1.62 bits per heavy atom. The van der Waals surface area contributed by atoms with Crippen molar-refractivity contribution in [1.29, 1.82) is 0 Å². The minimum Gasteiger partial charge on any atom is -0.298 e. The summed E-state index contributed by atoms with van der Waals surface area (Å²) < 4.78 is 0. The smallest absolute Gasteiger partial charge is 0.146 e. The first-order valence-corrected chi connectivity index (χ1v) is 5.94. The second kappa shape index (κ2) is 3.44. The van der Waals surface area contributed by atoms with Gasteiger partial charge in [0, 0.05) is 11.3 Å². The van der Waals surface area contributed by atoms with Gasteiger partial charge in [-0.15, -0.1) is 0 Å². The summed E-state index contributed by atoms with van der Waals surface area (Å²) in [5, 5.41) is 0. The van der Waals surface area contributed by atoms with Crippen LogP contribution in [0.5, 0.6) is 0 Å². The monoisotopic (exact) mass is 216 g/mol. The topological polar surface area (TPSA) is 17.1 Å². The number of carbonyl (C=O) groups is 1. The summed E-state index contributed by atoms with van der Waals surface area (Å²) >= 11 is 0. The Bertz CT molecular complexity index is 401. The lowest BCUT2D eigenvalue weighted by molar-refractivity contribution is -0.125. The lowest BCUT2D eigenvalue weighted by atomic mass is 9.77. The minimum atomic E-state index is -0.177. The van der Waals surface area contributed by atoms with Gasteiger partial charge >= 0.3 is 0 Å². The van der Waals surface area contributed by atoms with Crippen molar-refractivity contribution < 1.29 is 4.79 Å². The summed E-state index contributed by atoms with van der Waals surface area (Å²) in [4.78, 5) is 12.4. The molecule has 1 nitrogen and oxygen atoms in total. The van der Waals surface area contributed by atoms with Gasteiger partial charge in [0.15, 0.2) is 0 Å². The summed E-state index contributed by atoms with van der Waals surface area (Å²) in [5.74, 6) is 0.451. The molecule has 0 heterocycles. The zero-order valence-corrected chi connectivity index (χ0v) is 10.6. The largest absolute Gasteiger partial charge is 0.298 e. The van der Waals surface area contributed by atoms with Gasteiger partial charge in [-0.1, -0.05) is 58.0 Å². The number of carbonyl (C=O) groups excluding carboxylic acids is 1. The van der Waals surface area contributed by atoms with E-state index in [-0.39, 0.29) is 16.7 Å². The van der Waals surface area contributed by atoms with Crippen LogP contribution in [-0.2, 0) is 4.79 Å². The fraction of sp³-hybridized carbons (Fsp3) is 0.533. The first-order valence-electron chi connectivity index (χ1n) is 5.94. The Morgan fingerprint density at radius 3 is 2.06 bits per heavy atom. The summed E-state index contributed by atoms with van der Waals surface area (Å²) in [6.07, 6.45) is 0.971. The van der Waals surface area contributed by atoms with E-state index in [1.807, 2.05) is 18.2 Å². The zero-order chi connectivity index (χ0) is 12.0. The lowest BCUT2D eigenvalue weighted by Crippen LogP contribution is -2.22. The van der Waals surface area contributed by atoms with Crippen LogP contribution < -0.4 is 0 Å². The van der Waals surface area contributed by atoms with E-state index in [0.717, 1.165) is 6.42 Å². The molecule has 0 amide bonds. The van der Waals surface area contributed by atoms with Crippen molar-refractivity contribution in [3.8, 4) is 0 Å². The average molecular weight is 216 g/mol. The molecule has 1 aliphatic carbocycles. The van der Waals surface area contributed by atoms with Crippen LogP contribution >= 0.6 is 0 Å². The van der Waals surface area contributed by atoms with Gasteiger partial charge in [0.2, 0.25) is 0 Å². The van der Waals surface area contributed by atoms with E-state index in [1.165, 1.54) is 5.56 Å². The van der Waals surface area contributed by atoms with Crippen LogP contribution in [0.1, 0.15) is 45.6 Å². The molecule has 0 bridgehead atoms. The molecule has 0 saturated heterocycles. The van der Waals surface area contributed by atoms with E-state index < -0.39 is 0 Å². The van der Waals surface area contributed by atoms with Gasteiger partial charge in [0.25, 0.3) is 0 Å². The number of rotatable bonds is 1. The van der Waals surface area contributed by atoms with Crippen LogP contribution in [0.2, 0.25) is 0 Å². The third kappa shape index (κ3) is 1.68. The van der Waals surface area contributed by atoms with Gasteiger partial charge < -0.3 is 0 Å². The maximum Gasteiger partial charge on any atom is 0.146 e. The number of hydrogen-bond acceptors (Lipinski definition) is 1. The molecule has 86 valence electrons. The standard InChI is InChI=1S/C15H20O/c1-14(2)10-15(3,4)13(16)12(14)11-8-6-5-7-9-11/h5-9,12H,10H2,1-4H3/t12-/m0/s1. The van der Waals surface area contributed by atoms with E-state index in [9.17, 15) is 4.79 Å². The fourth-order valence-corrected chi connectivity index (χ4v) is 3.32. The fourth-order valence-electron chi connectivity index (χ4n) is 3.32. The molecule has 0 unspecified atom stereocenters. The zero-order valence-electron chi connectivity index (χ0n) is 10.6. The minimum absolute atomic E-state index is 0.0590. The Kier molecular flexibility index (Phi) is 2.45. The van der Waals surface area contributed by atoms with Gasteiger partial charge in [-0.05, 0) is 17.4 Å². The number of ketones is 1. The van der Waals surface area contributed by atoms with Crippen molar-refractivity contribution in [2.75, 3.05) is 0 Å². The van der Waals surface area contributed by atoms with Crippen LogP contribution in [0.15, 0.2) is 30.3 Å². The SMILES string of the molecule is CC1(C)CC(C)(C)[C@@H](c2ccccc2)C1=O. The van der Waals surface area contributed by atoms with Crippen LogP contribution in [0.25, 0.3) is 0 Å². The summed E-state index contributed by atoms with van der Waals surface area (Å²) in [7, 11) is 0. The third-order valence-corrected chi connectivity index (χ3v) is 3.74. The predicted molar refractivity (Wildman–Crippen MR) is 66.4 cm³/mol. The highest BCUT2D eigenvalue weighted by Gasteiger charge is 2.52. The summed E-state index contributed by atoms with van der Waals surface area (Å²) in [5.41, 5.74) is 1.06. The van der Waals surface area contributed by atoms with Crippen molar-refractivity contribution in [2.45, 2.75) is 40.0 Å². The van der Waals surface area contributed by atoms with Crippen molar-refractivity contribution in [1.82, 2.24) is 0 Å². The highest BCUT2D eigenvalue weighted by molar-refractivity contribution is 5.93. The van der Waals surface area contributed by atoms with E-state index in [1.54, 1.807) is 0 Å². The van der Waals surface area contributed by atoms with Crippen molar-refractivity contribution in [2.24, 2.45) is 10.8 Å². The normalized spacial score (nSPS) is 27.0. The van der Waals surface area contributed by atoms with Crippen molar-refractivity contribution in [3.05, 3.63) is 35.9 Å². The molecule has 1 aliphatic rings. The van der Waals surface area contributed by atoms with Gasteiger partial charge in [0.1, 0.15) is 5.78 Å². The predicted octanol–water partition coefficient (Wildman–Crippen LogP) is 3.80. The van der Waals surface area contributed by atoms with Crippen molar-refractivity contribution >= 4 is 5.78 Å². The van der Waals surface area contributed by atoms with Crippen molar-refractivity contribution in [3.63, 3.8) is 0 Å². The molecule has 0 aromatic heterocycles. The van der Waals surface area contributed by atoms with Crippen LogP contribution in [0, 0.1) is 10.8 Å². The molecule has 1 heteroatoms. The molecule has 1 aromatic rings. The number of hydrogen-bond donors (Lipinski definition) is 0. The van der Waals surface area contributed by atoms with E-state index in [4.69, 9.17) is 0 Å². The molecule has 0 N–H and O–H groups in total. The second-order valence-corrected chi connectivity index (χ2v) is 6.26. The molecule has 16 heavy (non-hydrogen) atoms. The number of Topliss-reactive ketones (excluding diaryl/α,β-unsaturated/α-hetero) is 1. The molecular formula is C15H20O. The maximum absolute atomic E-state index is 12.4. The molecule has 0 aliphatic heterocycles. The molecule has 0 spiro atoms. The molecular weight excluding hydrogens is 196 g/mol. The van der Waals surface area contributed by atoms with Gasteiger partial charge in [-0.3, -0.25) is 4.79 Å². The van der Waals surface area contributed by atoms with Crippen LogP contribution in [0.3, 0.4) is 0 Å². The average Bonchev–Trinajstić information content (AvgIpc) is 2.33. The van der Waals surface area contributed by atoms with E-state index in [2.05, 4.69) is 39.8 Å². The Hall–Kier alpha value is -1.11. The van der Waals surface area contributed by atoms with Crippen LogP contribution in [-0.4, -0.2) is 5.78 Å². The number of benzene rings is 1. The van der Waals surface area contributed by atoms with Gasteiger partial charge in [0.05, 0.1) is 0 Å². The third-order valence-electron chi connectivity index (χ3n) is 3.74. The maximum atomic E-state index is 12.4. The quantitative estimate of drug-likeness (QED) is 0.698. The molecule has 1 atom stereocenters. The summed E-state index contributed by atoms with van der Waals surface area (Å²) in [6.45, 7) is 8.55. The lowest BCUT2D eigenvalue weighted by Gasteiger charge is -2.25. The highest BCUT2D eigenvalue weighted by atomic mass is 16.1. The summed E-state index contributed by atoms with van der Waals surface area (Å²) in [6, 6.07) is 10.2. The molecule has 1 saturated carbocycles. The first-order chi connectivity index (χ1) is 7.34.